The Morgan fingerprint density at radius 2 is 1.68 bits per heavy atom. The van der Waals surface area contributed by atoms with Crippen molar-refractivity contribution in [2.75, 3.05) is 13.6 Å². The van der Waals surface area contributed by atoms with Crippen LogP contribution in [0.25, 0.3) is 0 Å². The van der Waals surface area contributed by atoms with Gasteiger partial charge in [0.1, 0.15) is 5.82 Å². The summed E-state index contributed by atoms with van der Waals surface area (Å²) in [5.74, 6) is -0.204. The van der Waals surface area contributed by atoms with Gasteiger partial charge in [-0.15, -0.1) is 0 Å². The average Bonchev–Trinajstić information content (AvgIpc) is 2.43. The van der Waals surface area contributed by atoms with Crippen molar-refractivity contribution in [2.24, 2.45) is 5.73 Å². The number of nitrogens with two attached hydrogens (primary N) is 1. The molecule has 3 heteroatoms. The maximum absolute atomic E-state index is 12.9. The maximum Gasteiger partial charge on any atom is 0.123 e. The largest absolute Gasteiger partial charge is 0.329 e. The van der Waals surface area contributed by atoms with Gasteiger partial charge in [0.25, 0.3) is 0 Å². The summed E-state index contributed by atoms with van der Waals surface area (Å²) >= 11 is 0. The molecule has 0 aliphatic rings. The van der Waals surface area contributed by atoms with Crippen LogP contribution in [0.15, 0.2) is 54.6 Å². The Bertz CT molecular complexity index is 496. The van der Waals surface area contributed by atoms with E-state index in [4.69, 9.17) is 5.73 Å². The van der Waals surface area contributed by atoms with Crippen molar-refractivity contribution in [1.29, 1.82) is 0 Å². The molecule has 0 aromatic heterocycles. The molecule has 0 amide bonds. The molecule has 0 aliphatic heterocycles. The Balaban J connectivity index is 2.09. The second-order valence-electron chi connectivity index (χ2n) is 4.70. The Morgan fingerprint density at radius 3 is 2.26 bits per heavy atom. The number of hydrogen-bond donors (Lipinski definition) is 1. The molecule has 0 radical (unpaired) electrons. The first kappa shape index (κ1) is 13.7. The predicted octanol–water partition coefficient (Wildman–Crippen LogP) is 2.96. The van der Waals surface area contributed by atoms with Gasteiger partial charge < -0.3 is 5.73 Å². The molecule has 1 unspecified atom stereocenters. The summed E-state index contributed by atoms with van der Waals surface area (Å²) < 4.78 is 12.9. The molecule has 100 valence electrons. The van der Waals surface area contributed by atoms with Crippen LogP contribution in [0.4, 0.5) is 4.39 Å². The van der Waals surface area contributed by atoms with Gasteiger partial charge in [-0.05, 0) is 30.3 Å². The highest BCUT2D eigenvalue weighted by Gasteiger charge is 2.15. The minimum Gasteiger partial charge on any atom is -0.329 e. The van der Waals surface area contributed by atoms with E-state index in [0.717, 1.165) is 12.1 Å². The van der Waals surface area contributed by atoms with Crippen molar-refractivity contribution >= 4 is 0 Å². The van der Waals surface area contributed by atoms with E-state index in [1.165, 1.54) is 17.7 Å². The molecular formula is C16H19FN2. The van der Waals surface area contributed by atoms with Crippen molar-refractivity contribution < 1.29 is 4.39 Å². The highest BCUT2D eigenvalue weighted by atomic mass is 19.1. The summed E-state index contributed by atoms with van der Waals surface area (Å²) in [6.07, 6.45) is 0. The lowest BCUT2D eigenvalue weighted by Crippen LogP contribution is -2.30. The van der Waals surface area contributed by atoms with Crippen LogP contribution in [0.3, 0.4) is 0 Å². The van der Waals surface area contributed by atoms with E-state index < -0.39 is 0 Å². The lowest BCUT2D eigenvalue weighted by molar-refractivity contribution is 0.241. The first-order chi connectivity index (χ1) is 9.20. The summed E-state index contributed by atoms with van der Waals surface area (Å²) in [7, 11) is 2.04. The zero-order chi connectivity index (χ0) is 13.7. The number of rotatable bonds is 5. The molecule has 0 aliphatic carbocycles. The summed E-state index contributed by atoms with van der Waals surface area (Å²) in [5.41, 5.74) is 8.17. The smallest absolute Gasteiger partial charge is 0.123 e. The van der Waals surface area contributed by atoms with Gasteiger partial charge >= 0.3 is 0 Å². The van der Waals surface area contributed by atoms with E-state index in [-0.39, 0.29) is 11.9 Å². The Kier molecular flexibility index (Phi) is 4.66. The molecule has 2 rings (SSSR count). The highest BCUT2D eigenvalue weighted by molar-refractivity contribution is 5.21. The summed E-state index contributed by atoms with van der Waals surface area (Å²) in [6.45, 7) is 1.30. The van der Waals surface area contributed by atoms with Crippen molar-refractivity contribution in [3.05, 3.63) is 71.5 Å². The van der Waals surface area contributed by atoms with E-state index in [9.17, 15) is 4.39 Å². The van der Waals surface area contributed by atoms with Gasteiger partial charge in [-0.25, -0.2) is 4.39 Å². The molecule has 0 bridgehead atoms. The van der Waals surface area contributed by atoms with Crippen LogP contribution in [0.2, 0.25) is 0 Å². The van der Waals surface area contributed by atoms with Crippen LogP contribution in [0.1, 0.15) is 17.2 Å². The molecule has 0 fully saturated rings. The zero-order valence-corrected chi connectivity index (χ0v) is 11.1. The van der Waals surface area contributed by atoms with Crippen molar-refractivity contribution in [1.82, 2.24) is 4.90 Å². The summed E-state index contributed by atoms with van der Waals surface area (Å²) in [5, 5.41) is 0. The second-order valence-corrected chi connectivity index (χ2v) is 4.70. The molecular weight excluding hydrogens is 239 g/mol. The molecule has 2 N–H and O–H groups in total. The topological polar surface area (TPSA) is 29.3 Å². The first-order valence-electron chi connectivity index (χ1n) is 6.40. The van der Waals surface area contributed by atoms with Crippen LogP contribution < -0.4 is 5.73 Å². The summed E-state index contributed by atoms with van der Waals surface area (Å²) in [6, 6.07) is 17.0. The quantitative estimate of drug-likeness (QED) is 0.893. The van der Waals surface area contributed by atoms with Gasteiger partial charge in [-0.2, -0.15) is 0 Å². The van der Waals surface area contributed by atoms with E-state index in [0.29, 0.717) is 6.54 Å². The molecule has 0 heterocycles. The van der Waals surface area contributed by atoms with E-state index in [1.54, 1.807) is 0 Å². The highest BCUT2D eigenvalue weighted by Crippen LogP contribution is 2.20. The minimum atomic E-state index is -0.204. The van der Waals surface area contributed by atoms with Crippen LogP contribution in [-0.2, 0) is 6.54 Å². The first-order valence-corrected chi connectivity index (χ1v) is 6.40. The van der Waals surface area contributed by atoms with E-state index >= 15 is 0 Å². The third kappa shape index (κ3) is 3.63. The molecule has 0 spiro atoms. The second kappa shape index (κ2) is 6.45. The monoisotopic (exact) mass is 258 g/mol. The fraction of sp³-hybridized carbons (Fsp3) is 0.250. The fourth-order valence-corrected chi connectivity index (χ4v) is 2.23. The van der Waals surface area contributed by atoms with Gasteiger partial charge in [-0.3, -0.25) is 4.90 Å². The van der Waals surface area contributed by atoms with Gasteiger partial charge in [-0.1, -0.05) is 42.5 Å². The van der Waals surface area contributed by atoms with Gasteiger partial charge in [0.2, 0.25) is 0 Å². The third-order valence-electron chi connectivity index (χ3n) is 3.28. The summed E-state index contributed by atoms with van der Waals surface area (Å²) in [4.78, 5) is 2.18. The molecule has 1 atom stereocenters. The van der Waals surface area contributed by atoms with Gasteiger partial charge in [0.15, 0.2) is 0 Å². The van der Waals surface area contributed by atoms with Crippen LogP contribution >= 0.6 is 0 Å². The number of benzene rings is 2. The number of halogens is 1. The number of nitrogens with zero attached hydrogens (tertiary/aromatic N) is 1. The lowest BCUT2D eigenvalue weighted by Gasteiger charge is -2.27. The SMILES string of the molecule is CN(Cc1ccc(F)cc1)C(CN)c1ccccc1. The molecule has 2 nitrogen and oxygen atoms in total. The molecule has 0 saturated carbocycles. The Hall–Kier alpha value is -1.71. The Morgan fingerprint density at radius 1 is 1.05 bits per heavy atom. The van der Waals surface area contributed by atoms with Crippen molar-refractivity contribution in [2.45, 2.75) is 12.6 Å². The normalized spacial score (nSPS) is 12.6. The molecule has 2 aromatic rings. The molecule has 2 aromatic carbocycles. The van der Waals surface area contributed by atoms with Crippen molar-refractivity contribution in [3.8, 4) is 0 Å². The van der Waals surface area contributed by atoms with Gasteiger partial charge in [0.05, 0.1) is 0 Å². The Labute approximate surface area is 113 Å². The van der Waals surface area contributed by atoms with E-state index in [2.05, 4.69) is 17.0 Å². The third-order valence-corrected chi connectivity index (χ3v) is 3.28. The fourth-order valence-electron chi connectivity index (χ4n) is 2.23. The standard InChI is InChI=1S/C16H19FN2/c1-19(12-13-7-9-15(17)10-8-13)16(11-18)14-5-3-2-4-6-14/h2-10,16H,11-12,18H2,1H3. The molecule has 0 saturated heterocycles. The zero-order valence-electron chi connectivity index (χ0n) is 11.1. The van der Waals surface area contributed by atoms with E-state index in [1.807, 2.05) is 37.4 Å². The van der Waals surface area contributed by atoms with Crippen LogP contribution in [-0.4, -0.2) is 18.5 Å². The van der Waals surface area contributed by atoms with Crippen LogP contribution in [0.5, 0.6) is 0 Å². The maximum atomic E-state index is 12.9. The lowest BCUT2D eigenvalue weighted by atomic mass is 10.1. The number of hydrogen-bond acceptors (Lipinski definition) is 2. The van der Waals surface area contributed by atoms with Crippen molar-refractivity contribution in [3.63, 3.8) is 0 Å². The predicted molar refractivity (Wildman–Crippen MR) is 76.1 cm³/mol. The average molecular weight is 258 g/mol. The van der Waals surface area contributed by atoms with Gasteiger partial charge in [0, 0.05) is 19.1 Å². The molecule has 19 heavy (non-hydrogen) atoms. The van der Waals surface area contributed by atoms with Crippen LogP contribution in [0, 0.1) is 5.82 Å². The minimum absolute atomic E-state index is 0.172. The number of likely N-dealkylation sites (N-methyl/N-ethyl adjacent to an activating group) is 1.